The Balaban J connectivity index is 2.31. The zero-order valence-corrected chi connectivity index (χ0v) is 9.95. The summed E-state index contributed by atoms with van der Waals surface area (Å²) < 4.78 is 13.7. The molecule has 1 aromatic carbocycles. The van der Waals surface area contributed by atoms with Crippen LogP contribution in [0.3, 0.4) is 0 Å². The molecule has 0 aliphatic carbocycles. The highest BCUT2D eigenvalue weighted by atomic mass is 35.5. The lowest BCUT2D eigenvalue weighted by Crippen LogP contribution is -2.33. The number of thioether (sulfide) groups is 1. The van der Waals surface area contributed by atoms with E-state index in [1.807, 2.05) is 17.8 Å². The van der Waals surface area contributed by atoms with E-state index >= 15 is 0 Å². The highest BCUT2D eigenvalue weighted by Crippen LogP contribution is 2.27. The summed E-state index contributed by atoms with van der Waals surface area (Å²) in [5, 5.41) is 0. The van der Waals surface area contributed by atoms with E-state index < -0.39 is 0 Å². The molecule has 0 bridgehead atoms. The molecule has 15 heavy (non-hydrogen) atoms. The number of nitrogens with zero attached hydrogens (tertiary/aromatic N) is 1. The van der Waals surface area contributed by atoms with Crippen LogP contribution in [0.2, 0.25) is 0 Å². The van der Waals surface area contributed by atoms with Crippen molar-refractivity contribution in [3.8, 4) is 0 Å². The summed E-state index contributed by atoms with van der Waals surface area (Å²) in [6.07, 6.45) is 0. The highest BCUT2D eigenvalue weighted by molar-refractivity contribution is 7.99. The molecular weight excluding hydrogens is 233 g/mol. The standard InChI is InChI=1S/C11H13ClFNS/c12-8-9-2-1-3-10(13)11(9)14-4-6-15-7-5-14/h1-3H,4-8H2. The molecule has 1 fully saturated rings. The van der Waals surface area contributed by atoms with E-state index in [9.17, 15) is 4.39 Å². The Morgan fingerprint density at radius 1 is 1.33 bits per heavy atom. The lowest BCUT2D eigenvalue weighted by Gasteiger charge is -2.30. The normalized spacial score (nSPS) is 16.8. The van der Waals surface area contributed by atoms with E-state index in [1.165, 1.54) is 6.07 Å². The van der Waals surface area contributed by atoms with Crippen LogP contribution in [0.4, 0.5) is 10.1 Å². The van der Waals surface area contributed by atoms with Gasteiger partial charge >= 0.3 is 0 Å². The van der Waals surface area contributed by atoms with Crippen LogP contribution in [0.15, 0.2) is 18.2 Å². The number of halogens is 2. The van der Waals surface area contributed by atoms with E-state index in [4.69, 9.17) is 11.6 Å². The number of hydrogen-bond donors (Lipinski definition) is 0. The molecule has 82 valence electrons. The number of rotatable bonds is 2. The van der Waals surface area contributed by atoms with E-state index in [0.29, 0.717) is 11.6 Å². The first-order valence-electron chi connectivity index (χ1n) is 4.99. The Bertz CT molecular complexity index is 339. The molecule has 4 heteroatoms. The van der Waals surface area contributed by atoms with Crippen molar-refractivity contribution >= 4 is 29.1 Å². The molecule has 0 unspecified atom stereocenters. The predicted octanol–water partition coefficient (Wildman–Crippen LogP) is 3.12. The average Bonchev–Trinajstić information content (AvgIpc) is 2.29. The number of hydrogen-bond acceptors (Lipinski definition) is 2. The van der Waals surface area contributed by atoms with Crippen molar-refractivity contribution in [3.05, 3.63) is 29.6 Å². The first-order valence-corrected chi connectivity index (χ1v) is 6.68. The Labute approximate surface area is 98.6 Å². The Morgan fingerprint density at radius 2 is 2.07 bits per heavy atom. The summed E-state index contributed by atoms with van der Waals surface area (Å²) in [6, 6.07) is 5.12. The minimum atomic E-state index is -0.153. The molecule has 1 aliphatic heterocycles. The lowest BCUT2D eigenvalue weighted by atomic mass is 10.1. The van der Waals surface area contributed by atoms with Gasteiger partial charge in [0.25, 0.3) is 0 Å². The fraction of sp³-hybridized carbons (Fsp3) is 0.455. The third-order valence-electron chi connectivity index (χ3n) is 2.54. The molecule has 0 atom stereocenters. The second kappa shape index (κ2) is 5.08. The monoisotopic (exact) mass is 245 g/mol. The van der Waals surface area contributed by atoms with Crippen molar-refractivity contribution < 1.29 is 4.39 Å². The first kappa shape index (κ1) is 11.1. The molecule has 0 amide bonds. The van der Waals surface area contributed by atoms with Crippen molar-refractivity contribution in [2.75, 3.05) is 29.5 Å². The summed E-state index contributed by atoms with van der Waals surface area (Å²) in [6.45, 7) is 1.82. The summed E-state index contributed by atoms with van der Waals surface area (Å²) in [7, 11) is 0. The van der Waals surface area contributed by atoms with Gasteiger partial charge in [0.1, 0.15) is 5.82 Å². The maximum absolute atomic E-state index is 13.7. The number of anilines is 1. The fourth-order valence-corrected chi connectivity index (χ4v) is 2.93. The zero-order chi connectivity index (χ0) is 10.7. The second-order valence-corrected chi connectivity index (χ2v) is 4.97. The van der Waals surface area contributed by atoms with Crippen molar-refractivity contribution in [2.24, 2.45) is 0 Å². The van der Waals surface area contributed by atoms with E-state index in [2.05, 4.69) is 4.90 Å². The smallest absolute Gasteiger partial charge is 0.146 e. The summed E-state index contributed by atoms with van der Waals surface area (Å²) in [5.41, 5.74) is 1.59. The van der Waals surface area contributed by atoms with Crippen LogP contribution >= 0.6 is 23.4 Å². The van der Waals surface area contributed by atoms with E-state index in [1.54, 1.807) is 6.07 Å². The first-order chi connectivity index (χ1) is 7.33. The van der Waals surface area contributed by atoms with Crippen LogP contribution in [-0.2, 0) is 5.88 Å². The molecule has 0 saturated carbocycles. The SMILES string of the molecule is Fc1cccc(CCl)c1N1CCSCC1. The van der Waals surface area contributed by atoms with Gasteiger partial charge in [0.05, 0.1) is 5.69 Å². The summed E-state index contributed by atoms with van der Waals surface area (Å²) >= 11 is 7.74. The predicted molar refractivity (Wildman–Crippen MR) is 65.5 cm³/mol. The molecule has 2 rings (SSSR count). The Hall–Kier alpha value is -0.410. The van der Waals surface area contributed by atoms with E-state index in [-0.39, 0.29) is 5.82 Å². The van der Waals surface area contributed by atoms with Crippen molar-refractivity contribution in [1.29, 1.82) is 0 Å². The number of alkyl halides is 1. The van der Waals surface area contributed by atoms with Gasteiger partial charge in [-0.25, -0.2) is 4.39 Å². The van der Waals surface area contributed by atoms with Gasteiger partial charge in [-0.3, -0.25) is 0 Å². The molecule has 1 aliphatic rings. The quantitative estimate of drug-likeness (QED) is 0.737. The highest BCUT2D eigenvalue weighted by Gasteiger charge is 2.17. The zero-order valence-electron chi connectivity index (χ0n) is 8.38. The third kappa shape index (κ3) is 2.40. The van der Waals surface area contributed by atoms with Crippen molar-refractivity contribution in [2.45, 2.75) is 5.88 Å². The molecule has 1 heterocycles. The van der Waals surface area contributed by atoms with Crippen LogP contribution in [0.1, 0.15) is 5.56 Å². The molecular formula is C11H13ClFNS. The van der Waals surface area contributed by atoms with Gasteiger partial charge in [0, 0.05) is 30.5 Å². The van der Waals surface area contributed by atoms with Gasteiger partial charge in [0.2, 0.25) is 0 Å². The molecule has 1 nitrogen and oxygen atoms in total. The molecule has 0 spiro atoms. The third-order valence-corrected chi connectivity index (χ3v) is 3.77. The molecule has 0 radical (unpaired) electrons. The Morgan fingerprint density at radius 3 is 2.73 bits per heavy atom. The van der Waals surface area contributed by atoms with Crippen LogP contribution in [-0.4, -0.2) is 24.6 Å². The summed E-state index contributed by atoms with van der Waals surface area (Å²) in [4.78, 5) is 2.10. The van der Waals surface area contributed by atoms with Crippen LogP contribution in [0, 0.1) is 5.82 Å². The maximum atomic E-state index is 13.7. The molecule has 1 aromatic rings. The molecule has 0 aromatic heterocycles. The van der Waals surface area contributed by atoms with Crippen LogP contribution in [0.5, 0.6) is 0 Å². The van der Waals surface area contributed by atoms with Gasteiger partial charge < -0.3 is 4.90 Å². The van der Waals surface area contributed by atoms with Gasteiger partial charge in [0.15, 0.2) is 0 Å². The van der Waals surface area contributed by atoms with Gasteiger partial charge in [-0.05, 0) is 11.6 Å². The lowest BCUT2D eigenvalue weighted by molar-refractivity contribution is 0.618. The largest absolute Gasteiger partial charge is 0.367 e. The molecule has 1 saturated heterocycles. The van der Waals surface area contributed by atoms with Crippen molar-refractivity contribution in [3.63, 3.8) is 0 Å². The van der Waals surface area contributed by atoms with Crippen LogP contribution < -0.4 is 4.90 Å². The summed E-state index contributed by atoms with van der Waals surface area (Å²) in [5.74, 6) is 2.35. The average molecular weight is 246 g/mol. The Kier molecular flexibility index (Phi) is 3.76. The number of benzene rings is 1. The van der Waals surface area contributed by atoms with Gasteiger partial charge in [-0.15, -0.1) is 11.6 Å². The minimum absolute atomic E-state index is 0.153. The molecule has 0 N–H and O–H groups in total. The maximum Gasteiger partial charge on any atom is 0.146 e. The van der Waals surface area contributed by atoms with Crippen LogP contribution in [0.25, 0.3) is 0 Å². The van der Waals surface area contributed by atoms with Gasteiger partial charge in [-0.1, -0.05) is 12.1 Å². The minimum Gasteiger partial charge on any atom is -0.367 e. The topological polar surface area (TPSA) is 3.24 Å². The van der Waals surface area contributed by atoms with Crippen molar-refractivity contribution in [1.82, 2.24) is 0 Å². The number of para-hydroxylation sites is 1. The van der Waals surface area contributed by atoms with Gasteiger partial charge in [-0.2, -0.15) is 11.8 Å². The second-order valence-electron chi connectivity index (χ2n) is 3.48. The fourth-order valence-electron chi connectivity index (χ4n) is 1.81. The van der Waals surface area contributed by atoms with E-state index in [0.717, 1.165) is 30.2 Å².